The maximum Gasteiger partial charge on any atom is 0.158 e. The summed E-state index contributed by atoms with van der Waals surface area (Å²) in [6, 6.07) is 2.26. The van der Waals surface area contributed by atoms with Crippen molar-refractivity contribution in [2.45, 2.75) is 33.0 Å². The van der Waals surface area contributed by atoms with Gasteiger partial charge in [-0.25, -0.2) is 0 Å². The minimum absolute atomic E-state index is 0.0415. The monoisotopic (exact) mass is 226 g/mol. The van der Waals surface area contributed by atoms with Gasteiger partial charge in [0.15, 0.2) is 6.29 Å². The van der Waals surface area contributed by atoms with Crippen LogP contribution < -0.4 is 0 Å². The average molecular weight is 226 g/mol. The molecular formula is C12H22N2O2. The molecule has 0 spiro atoms. The molecule has 1 saturated heterocycles. The zero-order valence-corrected chi connectivity index (χ0v) is 10.3. The molecule has 1 heterocycles. The average Bonchev–Trinajstić information content (AvgIpc) is 2.35. The van der Waals surface area contributed by atoms with E-state index in [2.05, 4.69) is 17.9 Å². The smallest absolute Gasteiger partial charge is 0.158 e. The van der Waals surface area contributed by atoms with Crippen LogP contribution in [0.15, 0.2) is 0 Å². The lowest BCUT2D eigenvalue weighted by Gasteiger charge is -2.27. The van der Waals surface area contributed by atoms with Gasteiger partial charge in [0, 0.05) is 19.5 Å². The van der Waals surface area contributed by atoms with Crippen LogP contribution >= 0.6 is 0 Å². The molecule has 1 atom stereocenters. The van der Waals surface area contributed by atoms with Gasteiger partial charge in [-0.1, -0.05) is 6.92 Å². The predicted molar refractivity (Wildman–Crippen MR) is 61.8 cm³/mol. The molecule has 0 N–H and O–H groups in total. The third kappa shape index (κ3) is 4.93. The number of nitrogens with zero attached hydrogens (tertiary/aromatic N) is 2. The van der Waals surface area contributed by atoms with E-state index >= 15 is 0 Å². The standard InChI is InChI=1S/C12H22N2O2/c1-3-14(10-11(2)9-13)6-5-12-15-7-4-8-16-12/h11-12H,3-8,10H2,1-2H3. The quantitative estimate of drug-likeness (QED) is 0.690. The third-order valence-corrected chi connectivity index (χ3v) is 2.78. The van der Waals surface area contributed by atoms with Crippen molar-refractivity contribution >= 4 is 0 Å². The van der Waals surface area contributed by atoms with Crippen LogP contribution in [0.5, 0.6) is 0 Å². The highest BCUT2D eigenvalue weighted by Gasteiger charge is 2.16. The van der Waals surface area contributed by atoms with Gasteiger partial charge in [0.1, 0.15) is 0 Å². The summed E-state index contributed by atoms with van der Waals surface area (Å²) in [7, 11) is 0. The lowest BCUT2D eigenvalue weighted by atomic mass is 10.2. The first-order valence-corrected chi connectivity index (χ1v) is 6.11. The fourth-order valence-electron chi connectivity index (χ4n) is 1.80. The van der Waals surface area contributed by atoms with Gasteiger partial charge in [-0.2, -0.15) is 5.26 Å². The van der Waals surface area contributed by atoms with Crippen molar-refractivity contribution in [1.29, 1.82) is 5.26 Å². The minimum atomic E-state index is -0.0415. The first-order chi connectivity index (χ1) is 7.76. The minimum Gasteiger partial charge on any atom is -0.353 e. The number of ether oxygens (including phenoxy) is 2. The second-order valence-corrected chi connectivity index (χ2v) is 4.24. The molecule has 0 saturated carbocycles. The number of hydrogen-bond donors (Lipinski definition) is 0. The molecule has 1 aliphatic heterocycles. The van der Waals surface area contributed by atoms with Crippen LogP contribution in [0.2, 0.25) is 0 Å². The van der Waals surface area contributed by atoms with Crippen molar-refractivity contribution in [1.82, 2.24) is 4.90 Å². The molecule has 92 valence electrons. The molecule has 0 aromatic carbocycles. The summed E-state index contributed by atoms with van der Waals surface area (Å²) in [4.78, 5) is 2.27. The molecule has 4 heteroatoms. The van der Waals surface area contributed by atoms with Gasteiger partial charge in [0.2, 0.25) is 0 Å². The van der Waals surface area contributed by atoms with Crippen LogP contribution in [-0.2, 0) is 9.47 Å². The Morgan fingerprint density at radius 3 is 2.69 bits per heavy atom. The van der Waals surface area contributed by atoms with Crippen molar-refractivity contribution in [3.8, 4) is 6.07 Å². The Morgan fingerprint density at radius 2 is 2.12 bits per heavy atom. The Morgan fingerprint density at radius 1 is 1.44 bits per heavy atom. The normalized spacial score (nSPS) is 19.6. The highest BCUT2D eigenvalue weighted by molar-refractivity contribution is 4.81. The molecule has 0 radical (unpaired) electrons. The zero-order valence-electron chi connectivity index (χ0n) is 10.3. The van der Waals surface area contributed by atoms with Crippen molar-refractivity contribution in [3.05, 3.63) is 0 Å². The molecule has 1 fully saturated rings. The summed E-state index contributed by atoms with van der Waals surface area (Å²) in [6.45, 7) is 8.44. The van der Waals surface area contributed by atoms with Crippen LogP contribution in [0.1, 0.15) is 26.7 Å². The van der Waals surface area contributed by atoms with E-state index in [4.69, 9.17) is 14.7 Å². The van der Waals surface area contributed by atoms with Gasteiger partial charge in [0.05, 0.1) is 25.2 Å². The molecule has 0 aromatic rings. The molecular weight excluding hydrogens is 204 g/mol. The van der Waals surface area contributed by atoms with E-state index in [0.29, 0.717) is 0 Å². The number of hydrogen-bond acceptors (Lipinski definition) is 4. The Labute approximate surface area is 98.1 Å². The Balaban J connectivity index is 2.19. The maximum absolute atomic E-state index is 8.77. The predicted octanol–water partition coefficient (Wildman–Crippen LogP) is 1.62. The molecule has 4 nitrogen and oxygen atoms in total. The molecule has 0 amide bonds. The van der Waals surface area contributed by atoms with Crippen LogP contribution in [0.4, 0.5) is 0 Å². The second kappa shape index (κ2) is 7.61. The molecule has 0 aromatic heterocycles. The van der Waals surface area contributed by atoms with Crippen molar-refractivity contribution in [3.63, 3.8) is 0 Å². The summed E-state index contributed by atoms with van der Waals surface area (Å²) in [6.07, 6.45) is 1.85. The summed E-state index contributed by atoms with van der Waals surface area (Å²) < 4.78 is 11.0. The summed E-state index contributed by atoms with van der Waals surface area (Å²) in [5, 5.41) is 8.77. The zero-order chi connectivity index (χ0) is 11.8. The molecule has 1 rings (SSSR count). The lowest BCUT2D eigenvalue weighted by Crippen LogP contribution is -2.33. The van der Waals surface area contributed by atoms with Gasteiger partial charge in [-0.3, -0.25) is 0 Å². The van der Waals surface area contributed by atoms with Gasteiger partial charge < -0.3 is 14.4 Å². The Hall–Kier alpha value is -0.630. The largest absolute Gasteiger partial charge is 0.353 e. The van der Waals surface area contributed by atoms with Crippen molar-refractivity contribution in [2.75, 3.05) is 32.8 Å². The fraction of sp³-hybridized carbons (Fsp3) is 0.917. The maximum atomic E-state index is 8.77. The van der Waals surface area contributed by atoms with Crippen LogP contribution in [0, 0.1) is 17.2 Å². The highest BCUT2D eigenvalue weighted by atomic mass is 16.7. The van der Waals surface area contributed by atoms with E-state index in [1.54, 1.807) is 0 Å². The summed E-state index contributed by atoms with van der Waals surface area (Å²) in [5.74, 6) is 0.0909. The number of nitriles is 1. The molecule has 0 aliphatic carbocycles. The van der Waals surface area contributed by atoms with E-state index in [0.717, 1.165) is 45.7 Å². The Bertz CT molecular complexity index is 222. The van der Waals surface area contributed by atoms with Gasteiger partial charge in [0.25, 0.3) is 0 Å². The first-order valence-electron chi connectivity index (χ1n) is 6.11. The van der Waals surface area contributed by atoms with Gasteiger partial charge in [-0.15, -0.1) is 0 Å². The topological polar surface area (TPSA) is 45.5 Å². The third-order valence-electron chi connectivity index (χ3n) is 2.78. The SMILES string of the molecule is CCN(CCC1OCCCO1)CC(C)C#N. The molecule has 16 heavy (non-hydrogen) atoms. The lowest BCUT2D eigenvalue weighted by molar-refractivity contribution is -0.182. The molecule has 0 bridgehead atoms. The van der Waals surface area contributed by atoms with Gasteiger partial charge >= 0.3 is 0 Å². The van der Waals surface area contributed by atoms with E-state index in [9.17, 15) is 0 Å². The van der Waals surface area contributed by atoms with E-state index in [-0.39, 0.29) is 12.2 Å². The second-order valence-electron chi connectivity index (χ2n) is 4.24. The Kier molecular flexibility index (Phi) is 6.39. The van der Waals surface area contributed by atoms with Crippen LogP contribution in [0.25, 0.3) is 0 Å². The van der Waals surface area contributed by atoms with Crippen molar-refractivity contribution < 1.29 is 9.47 Å². The van der Waals surface area contributed by atoms with Gasteiger partial charge in [-0.05, 0) is 19.9 Å². The first kappa shape index (κ1) is 13.4. The fourth-order valence-corrected chi connectivity index (χ4v) is 1.80. The van der Waals surface area contributed by atoms with E-state index in [1.165, 1.54) is 0 Å². The molecule has 1 unspecified atom stereocenters. The van der Waals surface area contributed by atoms with Crippen LogP contribution in [0.3, 0.4) is 0 Å². The van der Waals surface area contributed by atoms with Crippen molar-refractivity contribution in [2.24, 2.45) is 5.92 Å². The summed E-state index contributed by atoms with van der Waals surface area (Å²) >= 11 is 0. The van der Waals surface area contributed by atoms with Crippen LogP contribution in [-0.4, -0.2) is 44.0 Å². The summed E-state index contributed by atoms with van der Waals surface area (Å²) in [5.41, 5.74) is 0. The molecule has 1 aliphatic rings. The highest BCUT2D eigenvalue weighted by Crippen LogP contribution is 2.10. The van der Waals surface area contributed by atoms with E-state index < -0.39 is 0 Å². The number of rotatable bonds is 6. The van der Waals surface area contributed by atoms with E-state index in [1.807, 2.05) is 6.92 Å².